The molecule has 1 aromatic heterocycles. The second kappa shape index (κ2) is 7.40. The number of aromatic nitrogens is 1. The molecular weight excluding hydrogens is 318 g/mol. The summed E-state index contributed by atoms with van der Waals surface area (Å²) in [6, 6.07) is 4.13. The molecule has 0 radical (unpaired) electrons. The minimum Gasteiger partial charge on any atom is -0.381 e. The molecule has 4 rings (SSSR count). The standard InChI is InChI=1S/C19H27N3O3/c23-18(22-7-11-25-12-8-22)17-14-21(13-16-1-5-20-6-2-16)15-19(17)3-9-24-10-4-19/h1-2,5-6,17H,3-4,7-15H2. The van der Waals surface area contributed by atoms with Crippen LogP contribution < -0.4 is 0 Å². The highest BCUT2D eigenvalue weighted by Crippen LogP contribution is 2.45. The van der Waals surface area contributed by atoms with Crippen LogP contribution in [0.25, 0.3) is 0 Å². The molecule has 3 saturated heterocycles. The van der Waals surface area contributed by atoms with Gasteiger partial charge < -0.3 is 14.4 Å². The van der Waals surface area contributed by atoms with Crippen LogP contribution in [0.15, 0.2) is 24.5 Å². The molecule has 0 aliphatic carbocycles. The van der Waals surface area contributed by atoms with E-state index in [0.717, 1.165) is 58.8 Å². The van der Waals surface area contributed by atoms with Crippen LogP contribution in [0.1, 0.15) is 18.4 Å². The summed E-state index contributed by atoms with van der Waals surface area (Å²) in [6.07, 6.45) is 5.65. The molecule has 3 aliphatic rings. The van der Waals surface area contributed by atoms with Crippen molar-refractivity contribution in [2.75, 3.05) is 52.6 Å². The number of morpholine rings is 1. The van der Waals surface area contributed by atoms with E-state index in [0.29, 0.717) is 19.1 Å². The quantitative estimate of drug-likeness (QED) is 0.823. The van der Waals surface area contributed by atoms with Crippen LogP contribution >= 0.6 is 0 Å². The lowest BCUT2D eigenvalue weighted by Crippen LogP contribution is -2.49. The molecule has 0 saturated carbocycles. The molecule has 6 heteroatoms. The number of amides is 1. The first-order chi connectivity index (χ1) is 12.3. The molecule has 3 aliphatic heterocycles. The minimum atomic E-state index is 0.0701. The van der Waals surface area contributed by atoms with Gasteiger partial charge in [-0.1, -0.05) is 0 Å². The fraction of sp³-hybridized carbons (Fsp3) is 0.684. The predicted molar refractivity (Wildman–Crippen MR) is 92.9 cm³/mol. The Hall–Kier alpha value is -1.50. The fourth-order valence-corrected chi connectivity index (χ4v) is 4.57. The Kier molecular flexibility index (Phi) is 5.01. The van der Waals surface area contributed by atoms with Crippen molar-refractivity contribution in [1.82, 2.24) is 14.8 Å². The Balaban J connectivity index is 1.51. The van der Waals surface area contributed by atoms with E-state index in [1.807, 2.05) is 17.3 Å². The molecule has 1 atom stereocenters. The highest BCUT2D eigenvalue weighted by Gasteiger charge is 2.51. The summed E-state index contributed by atoms with van der Waals surface area (Å²) in [5.41, 5.74) is 1.33. The predicted octanol–water partition coefficient (Wildman–Crippen LogP) is 1.17. The highest BCUT2D eigenvalue weighted by molar-refractivity contribution is 5.80. The molecule has 1 amide bonds. The number of nitrogens with zero attached hydrogens (tertiary/aromatic N) is 3. The third kappa shape index (κ3) is 3.57. The Morgan fingerprint density at radius 3 is 2.52 bits per heavy atom. The van der Waals surface area contributed by atoms with Gasteiger partial charge in [0.15, 0.2) is 0 Å². The molecule has 1 spiro atoms. The monoisotopic (exact) mass is 345 g/mol. The van der Waals surface area contributed by atoms with Gasteiger partial charge in [0, 0.05) is 63.7 Å². The van der Waals surface area contributed by atoms with Crippen molar-refractivity contribution < 1.29 is 14.3 Å². The summed E-state index contributed by atoms with van der Waals surface area (Å²) in [6.45, 7) is 7.05. The normalized spacial score (nSPS) is 26.9. The SMILES string of the molecule is O=C(C1CN(Cc2ccncc2)CC12CCOCC2)N1CCOCC1. The average Bonchev–Trinajstić information content (AvgIpc) is 3.00. The summed E-state index contributed by atoms with van der Waals surface area (Å²) in [4.78, 5) is 21.8. The van der Waals surface area contributed by atoms with E-state index in [-0.39, 0.29) is 11.3 Å². The third-order valence-corrected chi connectivity index (χ3v) is 5.98. The van der Waals surface area contributed by atoms with Crippen LogP contribution in [-0.4, -0.2) is 73.3 Å². The number of hydrogen-bond donors (Lipinski definition) is 0. The number of pyridine rings is 1. The molecule has 6 nitrogen and oxygen atoms in total. The molecule has 0 bridgehead atoms. The van der Waals surface area contributed by atoms with Gasteiger partial charge in [-0.15, -0.1) is 0 Å². The Morgan fingerprint density at radius 2 is 1.80 bits per heavy atom. The van der Waals surface area contributed by atoms with Crippen LogP contribution in [-0.2, 0) is 20.8 Å². The highest BCUT2D eigenvalue weighted by atomic mass is 16.5. The van der Waals surface area contributed by atoms with Gasteiger partial charge in [-0.25, -0.2) is 0 Å². The van der Waals surface area contributed by atoms with Crippen molar-refractivity contribution in [1.29, 1.82) is 0 Å². The zero-order valence-electron chi connectivity index (χ0n) is 14.7. The van der Waals surface area contributed by atoms with E-state index in [4.69, 9.17) is 9.47 Å². The van der Waals surface area contributed by atoms with Crippen molar-refractivity contribution in [3.05, 3.63) is 30.1 Å². The number of carbonyl (C=O) groups excluding carboxylic acids is 1. The molecule has 4 heterocycles. The molecule has 1 aromatic rings. The molecule has 136 valence electrons. The van der Waals surface area contributed by atoms with E-state index in [1.54, 1.807) is 0 Å². The summed E-state index contributed by atoms with van der Waals surface area (Å²) in [7, 11) is 0. The maximum Gasteiger partial charge on any atom is 0.227 e. The molecular formula is C19H27N3O3. The Labute approximate surface area is 149 Å². The van der Waals surface area contributed by atoms with Crippen molar-refractivity contribution in [3.8, 4) is 0 Å². The number of ether oxygens (including phenoxy) is 2. The molecule has 1 unspecified atom stereocenters. The van der Waals surface area contributed by atoms with Crippen LogP contribution in [0.4, 0.5) is 0 Å². The zero-order chi connectivity index (χ0) is 17.1. The lowest BCUT2D eigenvalue weighted by molar-refractivity contribution is -0.144. The van der Waals surface area contributed by atoms with Crippen LogP contribution in [0.2, 0.25) is 0 Å². The van der Waals surface area contributed by atoms with Crippen LogP contribution in [0.5, 0.6) is 0 Å². The second-order valence-electron chi connectivity index (χ2n) is 7.49. The largest absolute Gasteiger partial charge is 0.381 e. The fourth-order valence-electron chi connectivity index (χ4n) is 4.57. The molecule has 0 N–H and O–H groups in total. The van der Waals surface area contributed by atoms with Gasteiger partial charge in [0.2, 0.25) is 5.91 Å². The minimum absolute atomic E-state index is 0.0701. The topological polar surface area (TPSA) is 54.9 Å². The first-order valence-corrected chi connectivity index (χ1v) is 9.32. The van der Waals surface area contributed by atoms with E-state index in [1.165, 1.54) is 5.56 Å². The Morgan fingerprint density at radius 1 is 1.12 bits per heavy atom. The van der Waals surface area contributed by atoms with Crippen molar-refractivity contribution >= 4 is 5.91 Å². The number of likely N-dealkylation sites (tertiary alicyclic amines) is 1. The number of carbonyl (C=O) groups is 1. The maximum absolute atomic E-state index is 13.3. The van der Waals surface area contributed by atoms with Crippen molar-refractivity contribution in [2.24, 2.45) is 11.3 Å². The number of rotatable bonds is 3. The summed E-state index contributed by atoms with van der Waals surface area (Å²) in [5.74, 6) is 0.402. The first-order valence-electron chi connectivity index (χ1n) is 9.32. The van der Waals surface area contributed by atoms with Gasteiger partial charge >= 0.3 is 0 Å². The van der Waals surface area contributed by atoms with Crippen LogP contribution in [0, 0.1) is 11.3 Å². The summed E-state index contributed by atoms with van der Waals surface area (Å²) < 4.78 is 11.0. The summed E-state index contributed by atoms with van der Waals surface area (Å²) >= 11 is 0. The second-order valence-corrected chi connectivity index (χ2v) is 7.49. The van der Waals surface area contributed by atoms with E-state index < -0.39 is 0 Å². The van der Waals surface area contributed by atoms with Gasteiger partial charge in [-0.2, -0.15) is 0 Å². The Bertz CT molecular complexity index is 583. The van der Waals surface area contributed by atoms with Gasteiger partial charge in [-0.3, -0.25) is 14.7 Å². The lowest BCUT2D eigenvalue weighted by Gasteiger charge is -2.40. The lowest BCUT2D eigenvalue weighted by atomic mass is 9.71. The van der Waals surface area contributed by atoms with Gasteiger partial charge in [-0.05, 0) is 30.5 Å². The third-order valence-electron chi connectivity index (χ3n) is 5.98. The van der Waals surface area contributed by atoms with Crippen molar-refractivity contribution in [2.45, 2.75) is 19.4 Å². The number of hydrogen-bond acceptors (Lipinski definition) is 5. The van der Waals surface area contributed by atoms with E-state index in [2.05, 4.69) is 22.0 Å². The van der Waals surface area contributed by atoms with Crippen LogP contribution in [0.3, 0.4) is 0 Å². The van der Waals surface area contributed by atoms with E-state index >= 15 is 0 Å². The van der Waals surface area contributed by atoms with Gasteiger partial charge in [0.05, 0.1) is 19.1 Å². The maximum atomic E-state index is 13.3. The molecule has 25 heavy (non-hydrogen) atoms. The van der Waals surface area contributed by atoms with Gasteiger partial charge in [0.1, 0.15) is 0 Å². The summed E-state index contributed by atoms with van der Waals surface area (Å²) in [5, 5.41) is 0. The first kappa shape index (κ1) is 16.9. The average molecular weight is 345 g/mol. The molecule has 0 aromatic carbocycles. The smallest absolute Gasteiger partial charge is 0.227 e. The zero-order valence-corrected chi connectivity index (χ0v) is 14.7. The molecule has 3 fully saturated rings. The van der Waals surface area contributed by atoms with Crippen molar-refractivity contribution in [3.63, 3.8) is 0 Å². The van der Waals surface area contributed by atoms with E-state index in [9.17, 15) is 4.79 Å². The van der Waals surface area contributed by atoms with Gasteiger partial charge in [0.25, 0.3) is 0 Å².